The second-order valence-electron chi connectivity index (χ2n) is 4.45. The monoisotopic (exact) mass is 299 g/mol. The van der Waals surface area contributed by atoms with Gasteiger partial charge in [0, 0.05) is 12.2 Å². The molecule has 1 N–H and O–H groups in total. The Morgan fingerprint density at radius 3 is 1.90 bits per heavy atom. The number of alkyl carbamates (subject to hydrolysis) is 1. The van der Waals surface area contributed by atoms with Gasteiger partial charge >= 0.3 is 18.0 Å². The Kier molecular flexibility index (Phi) is 8.52. The fourth-order valence-corrected chi connectivity index (χ4v) is 1.17. The van der Waals surface area contributed by atoms with E-state index in [2.05, 4.69) is 18.5 Å². The fourth-order valence-electron chi connectivity index (χ4n) is 1.17. The second-order valence-corrected chi connectivity index (χ2v) is 4.45. The summed E-state index contributed by atoms with van der Waals surface area (Å²) in [6.07, 6.45) is 1.96. The summed E-state index contributed by atoms with van der Waals surface area (Å²) in [7, 11) is 0. The predicted octanol–water partition coefficient (Wildman–Crippen LogP) is 1.34. The van der Waals surface area contributed by atoms with E-state index >= 15 is 0 Å². The number of carbonyl (C=O) groups is 3. The average Bonchev–Trinajstić information content (AvgIpc) is 2.48. The van der Waals surface area contributed by atoms with E-state index < -0.39 is 23.6 Å². The van der Waals surface area contributed by atoms with Crippen LogP contribution in [0.15, 0.2) is 25.3 Å². The molecule has 1 amide bonds. The van der Waals surface area contributed by atoms with Crippen molar-refractivity contribution in [3.05, 3.63) is 25.3 Å². The Balaban J connectivity index is 4.67. The maximum Gasteiger partial charge on any atom is 0.407 e. The molecular formula is C14H21NO6. The first-order valence-corrected chi connectivity index (χ1v) is 6.40. The van der Waals surface area contributed by atoms with Crippen molar-refractivity contribution in [2.45, 2.75) is 25.8 Å². The van der Waals surface area contributed by atoms with Crippen molar-refractivity contribution in [3.8, 4) is 0 Å². The first-order valence-electron chi connectivity index (χ1n) is 6.40. The van der Waals surface area contributed by atoms with Crippen molar-refractivity contribution in [3.63, 3.8) is 0 Å². The van der Waals surface area contributed by atoms with E-state index in [-0.39, 0.29) is 19.8 Å². The van der Waals surface area contributed by atoms with Crippen LogP contribution in [0.1, 0.15) is 20.3 Å². The molecule has 0 heterocycles. The number of amides is 1. The van der Waals surface area contributed by atoms with Gasteiger partial charge in [0.25, 0.3) is 0 Å². The van der Waals surface area contributed by atoms with Gasteiger partial charge in [-0.15, -0.1) is 0 Å². The molecule has 0 aliphatic rings. The molecule has 0 saturated carbocycles. The van der Waals surface area contributed by atoms with E-state index in [9.17, 15) is 14.4 Å². The molecule has 7 heteroatoms. The molecule has 0 unspecified atom stereocenters. The molecule has 0 spiro atoms. The summed E-state index contributed by atoms with van der Waals surface area (Å²) in [5, 5.41) is 2.50. The van der Waals surface area contributed by atoms with E-state index in [0.717, 1.165) is 12.2 Å². The third-order valence-corrected chi connectivity index (χ3v) is 2.24. The van der Waals surface area contributed by atoms with Crippen molar-refractivity contribution < 1.29 is 28.6 Å². The number of nitrogens with one attached hydrogen (secondary N) is 1. The lowest BCUT2D eigenvalue weighted by atomic mass is 10.1. The summed E-state index contributed by atoms with van der Waals surface area (Å²) in [6.45, 7) is 9.77. The summed E-state index contributed by atoms with van der Waals surface area (Å²) in [5.74, 6) is -1.31. The van der Waals surface area contributed by atoms with Crippen LogP contribution in [-0.4, -0.2) is 43.4 Å². The molecule has 0 saturated heterocycles. The van der Waals surface area contributed by atoms with Gasteiger partial charge in [0.2, 0.25) is 0 Å². The Hall–Kier alpha value is -2.31. The maximum absolute atomic E-state index is 11.6. The van der Waals surface area contributed by atoms with E-state index in [1.54, 1.807) is 6.92 Å². The highest BCUT2D eigenvalue weighted by atomic mass is 16.6. The second kappa shape index (κ2) is 9.57. The number of rotatable bonds is 9. The van der Waals surface area contributed by atoms with Crippen LogP contribution >= 0.6 is 0 Å². The molecule has 0 bridgehead atoms. The molecule has 0 radical (unpaired) electrons. The van der Waals surface area contributed by atoms with Crippen molar-refractivity contribution in [2.75, 3.05) is 19.8 Å². The number of hydrogen-bond donors (Lipinski definition) is 1. The highest BCUT2D eigenvalue weighted by Crippen LogP contribution is 2.07. The Morgan fingerprint density at radius 1 is 1.05 bits per heavy atom. The smallest absolute Gasteiger partial charge is 0.407 e. The molecule has 0 fully saturated rings. The van der Waals surface area contributed by atoms with Crippen LogP contribution in [0.5, 0.6) is 0 Å². The maximum atomic E-state index is 11.6. The van der Waals surface area contributed by atoms with Crippen LogP contribution in [-0.2, 0) is 23.8 Å². The van der Waals surface area contributed by atoms with Crippen LogP contribution in [0.2, 0.25) is 0 Å². The third-order valence-electron chi connectivity index (χ3n) is 2.24. The first kappa shape index (κ1) is 18.7. The zero-order valence-electron chi connectivity index (χ0n) is 12.3. The molecule has 0 aromatic carbocycles. The van der Waals surface area contributed by atoms with E-state index in [1.807, 2.05) is 6.92 Å². The summed E-state index contributed by atoms with van der Waals surface area (Å²) in [4.78, 5) is 33.8. The van der Waals surface area contributed by atoms with Crippen molar-refractivity contribution in [1.82, 2.24) is 5.32 Å². The molecule has 0 aromatic rings. The SMILES string of the molecule is C=CC(=O)OCC(C)(COC(=O)C=C)NC(=O)OCCC. The lowest BCUT2D eigenvalue weighted by molar-refractivity contribution is -0.144. The predicted molar refractivity (Wildman–Crippen MR) is 75.5 cm³/mol. The molecule has 0 aliphatic carbocycles. The van der Waals surface area contributed by atoms with Crippen LogP contribution in [0.4, 0.5) is 4.79 Å². The number of carbonyl (C=O) groups excluding carboxylic acids is 3. The van der Waals surface area contributed by atoms with Gasteiger partial charge in [-0.3, -0.25) is 0 Å². The Labute approximate surface area is 123 Å². The molecule has 0 rings (SSSR count). The van der Waals surface area contributed by atoms with Gasteiger partial charge in [0.15, 0.2) is 0 Å². The number of hydrogen-bond acceptors (Lipinski definition) is 6. The molecule has 21 heavy (non-hydrogen) atoms. The van der Waals surface area contributed by atoms with Gasteiger partial charge < -0.3 is 19.5 Å². The zero-order valence-corrected chi connectivity index (χ0v) is 12.3. The Morgan fingerprint density at radius 2 is 1.52 bits per heavy atom. The Bertz CT molecular complexity index is 380. The van der Waals surface area contributed by atoms with Crippen molar-refractivity contribution in [2.24, 2.45) is 0 Å². The van der Waals surface area contributed by atoms with Crippen molar-refractivity contribution >= 4 is 18.0 Å². The topological polar surface area (TPSA) is 90.9 Å². The van der Waals surface area contributed by atoms with Crippen LogP contribution in [0.25, 0.3) is 0 Å². The molecule has 118 valence electrons. The largest absolute Gasteiger partial charge is 0.460 e. The first-order chi connectivity index (χ1) is 9.86. The third kappa shape index (κ3) is 8.46. The van der Waals surface area contributed by atoms with Gasteiger partial charge in [-0.1, -0.05) is 20.1 Å². The molecule has 0 atom stereocenters. The van der Waals surface area contributed by atoms with Gasteiger partial charge in [-0.05, 0) is 13.3 Å². The molecule has 0 aromatic heterocycles. The normalized spacial score (nSPS) is 10.2. The highest BCUT2D eigenvalue weighted by Gasteiger charge is 2.30. The highest BCUT2D eigenvalue weighted by molar-refractivity contribution is 5.81. The van der Waals surface area contributed by atoms with Gasteiger partial charge in [-0.25, -0.2) is 14.4 Å². The lowest BCUT2D eigenvalue weighted by Gasteiger charge is -2.28. The minimum atomic E-state index is -1.12. The van der Waals surface area contributed by atoms with Crippen molar-refractivity contribution in [1.29, 1.82) is 0 Å². The number of ether oxygens (including phenoxy) is 3. The van der Waals surface area contributed by atoms with Gasteiger partial charge in [-0.2, -0.15) is 0 Å². The zero-order chi connectivity index (χ0) is 16.3. The minimum Gasteiger partial charge on any atom is -0.460 e. The summed E-state index contributed by atoms with van der Waals surface area (Å²) >= 11 is 0. The van der Waals surface area contributed by atoms with E-state index in [1.165, 1.54) is 0 Å². The summed E-state index contributed by atoms with van der Waals surface area (Å²) in [5.41, 5.74) is -1.12. The summed E-state index contributed by atoms with van der Waals surface area (Å²) < 4.78 is 14.6. The van der Waals surface area contributed by atoms with E-state index in [0.29, 0.717) is 6.42 Å². The van der Waals surface area contributed by atoms with E-state index in [4.69, 9.17) is 14.2 Å². The van der Waals surface area contributed by atoms with Crippen LogP contribution < -0.4 is 5.32 Å². The quantitative estimate of drug-likeness (QED) is 0.392. The minimum absolute atomic E-state index is 0.205. The number of esters is 2. The fraction of sp³-hybridized carbons (Fsp3) is 0.500. The lowest BCUT2D eigenvalue weighted by Crippen LogP contribution is -2.53. The molecular weight excluding hydrogens is 278 g/mol. The standard InChI is InChI=1S/C14H21NO6/c1-5-8-19-13(18)15-14(4,9-20-11(16)6-2)10-21-12(17)7-3/h6-7H,2-3,5,8-10H2,1,4H3,(H,15,18). The van der Waals surface area contributed by atoms with Crippen LogP contribution in [0, 0.1) is 0 Å². The molecule has 7 nitrogen and oxygen atoms in total. The van der Waals surface area contributed by atoms with Crippen LogP contribution in [0.3, 0.4) is 0 Å². The van der Waals surface area contributed by atoms with Gasteiger partial charge in [0.1, 0.15) is 18.8 Å². The van der Waals surface area contributed by atoms with Gasteiger partial charge in [0.05, 0.1) is 6.61 Å². The summed E-state index contributed by atoms with van der Waals surface area (Å²) in [6, 6.07) is 0. The molecule has 0 aliphatic heterocycles. The average molecular weight is 299 g/mol.